The van der Waals surface area contributed by atoms with Gasteiger partial charge in [0.05, 0.1) is 16.7 Å². The number of rotatable bonds is 5. The molecule has 1 saturated heterocycles. The van der Waals surface area contributed by atoms with Gasteiger partial charge in [-0.05, 0) is 44.0 Å². The average Bonchev–Trinajstić information content (AvgIpc) is 2.50. The molecule has 0 unspecified atom stereocenters. The molecule has 0 aliphatic carbocycles. The normalized spacial score (nSPS) is 16.2. The minimum atomic E-state index is -0.0668. The highest BCUT2D eigenvalue weighted by Gasteiger charge is 2.25. The molecule has 1 aliphatic heterocycles. The molecule has 1 aromatic rings. The molecule has 1 fully saturated rings. The van der Waals surface area contributed by atoms with Crippen molar-refractivity contribution in [3.63, 3.8) is 0 Å². The lowest BCUT2D eigenvalue weighted by atomic mass is 10.1. The van der Waals surface area contributed by atoms with Gasteiger partial charge in [0.25, 0.3) is 5.91 Å². The Morgan fingerprint density at radius 1 is 1.33 bits per heavy atom. The molecule has 6 heteroatoms. The van der Waals surface area contributed by atoms with Gasteiger partial charge in [0.1, 0.15) is 0 Å². The molecular formula is C15H20Cl2N2O2. The molecule has 1 aliphatic rings. The van der Waals surface area contributed by atoms with Gasteiger partial charge in [0.2, 0.25) is 0 Å². The van der Waals surface area contributed by atoms with E-state index in [9.17, 15) is 4.79 Å². The second kappa shape index (κ2) is 7.99. The molecule has 21 heavy (non-hydrogen) atoms. The highest BCUT2D eigenvalue weighted by molar-refractivity contribution is 6.35. The van der Waals surface area contributed by atoms with E-state index in [2.05, 4.69) is 0 Å². The number of nitrogens with zero attached hydrogens (tertiary/aromatic N) is 1. The standard InChI is InChI=1S/C15H20Cl2N2O2/c16-11-2-3-14(17)13(10-11)15(20)19-7-4-12(5-8-19)21-9-1-6-18/h2-3,10,12H,1,4-9,18H2. The summed E-state index contributed by atoms with van der Waals surface area (Å²) in [6.07, 6.45) is 2.77. The molecule has 0 bridgehead atoms. The van der Waals surface area contributed by atoms with E-state index >= 15 is 0 Å². The highest BCUT2D eigenvalue weighted by atomic mass is 35.5. The zero-order valence-electron chi connectivity index (χ0n) is 11.9. The van der Waals surface area contributed by atoms with Crippen LogP contribution in [0.5, 0.6) is 0 Å². The SMILES string of the molecule is NCCCOC1CCN(C(=O)c2cc(Cl)ccc2Cl)CC1. The predicted molar refractivity (Wildman–Crippen MR) is 85.0 cm³/mol. The van der Waals surface area contributed by atoms with Gasteiger partial charge in [-0.15, -0.1) is 0 Å². The number of ether oxygens (including phenoxy) is 1. The zero-order chi connectivity index (χ0) is 15.2. The van der Waals surface area contributed by atoms with Crippen molar-refractivity contribution >= 4 is 29.1 Å². The van der Waals surface area contributed by atoms with Crippen molar-refractivity contribution < 1.29 is 9.53 Å². The molecule has 0 aromatic heterocycles. The second-order valence-corrected chi connectivity index (χ2v) is 5.97. The molecule has 1 heterocycles. The number of likely N-dealkylation sites (tertiary alicyclic amines) is 1. The number of halogens is 2. The third kappa shape index (κ3) is 4.58. The quantitative estimate of drug-likeness (QED) is 0.844. The fraction of sp³-hybridized carbons (Fsp3) is 0.533. The number of benzene rings is 1. The van der Waals surface area contributed by atoms with Gasteiger partial charge < -0.3 is 15.4 Å². The van der Waals surface area contributed by atoms with E-state index in [1.807, 2.05) is 0 Å². The van der Waals surface area contributed by atoms with Crippen molar-refractivity contribution in [3.8, 4) is 0 Å². The van der Waals surface area contributed by atoms with Crippen LogP contribution in [0.15, 0.2) is 18.2 Å². The third-order valence-electron chi connectivity index (χ3n) is 3.59. The highest BCUT2D eigenvalue weighted by Crippen LogP contribution is 2.24. The van der Waals surface area contributed by atoms with Crippen LogP contribution in [0.4, 0.5) is 0 Å². The van der Waals surface area contributed by atoms with Crippen LogP contribution in [0.3, 0.4) is 0 Å². The summed E-state index contributed by atoms with van der Waals surface area (Å²) in [5.74, 6) is -0.0668. The molecule has 1 amide bonds. The largest absolute Gasteiger partial charge is 0.378 e. The lowest BCUT2D eigenvalue weighted by Crippen LogP contribution is -2.41. The Labute approximate surface area is 135 Å². The van der Waals surface area contributed by atoms with E-state index in [0.717, 1.165) is 19.3 Å². The molecule has 116 valence electrons. The molecule has 0 saturated carbocycles. The summed E-state index contributed by atoms with van der Waals surface area (Å²) in [5.41, 5.74) is 5.91. The first-order valence-electron chi connectivity index (χ1n) is 7.18. The maximum atomic E-state index is 12.5. The van der Waals surface area contributed by atoms with Crippen LogP contribution in [0.25, 0.3) is 0 Å². The smallest absolute Gasteiger partial charge is 0.255 e. The van der Waals surface area contributed by atoms with Crippen molar-refractivity contribution in [2.75, 3.05) is 26.2 Å². The van der Waals surface area contributed by atoms with Crippen LogP contribution >= 0.6 is 23.2 Å². The van der Waals surface area contributed by atoms with Gasteiger partial charge in [0.15, 0.2) is 0 Å². The van der Waals surface area contributed by atoms with Crippen molar-refractivity contribution in [3.05, 3.63) is 33.8 Å². The Kier molecular flexibility index (Phi) is 6.30. The number of carbonyl (C=O) groups is 1. The Balaban J connectivity index is 1.89. The topological polar surface area (TPSA) is 55.6 Å². The minimum absolute atomic E-state index is 0.0668. The van der Waals surface area contributed by atoms with Crippen molar-refractivity contribution in [2.24, 2.45) is 5.73 Å². The average molecular weight is 331 g/mol. The van der Waals surface area contributed by atoms with Crippen molar-refractivity contribution in [2.45, 2.75) is 25.4 Å². The monoisotopic (exact) mass is 330 g/mol. The Bertz CT molecular complexity index is 489. The van der Waals surface area contributed by atoms with Crippen LogP contribution in [-0.2, 0) is 4.74 Å². The van der Waals surface area contributed by atoms with Crippen LogP contribution in [0.1, 0.15) is 29.6 Å². The minimum Gasteiger partial charge on any atom is -0.378 e. The maximum Gasteiger partial charge on any atom is 0.255 e. The van der Waals surface area contributed by atoms with Crippen LogP contribution in [-0.4, -0.2) is 43.2 Å². The lowest BCUT2D eigenvalue weighted by molar-refractivity contribution is 0.00845. The van der Waals surface area contributed by atoms with Gasteiger partial charge in [-0.1, -0.05) is 23.2 Å². The molecule has 0 atom stereocenters. The number of amides is 1. The predicted octanol–water partition coefficient (Wildman–Crippen LogP) is 2.96. The van der Waals surface area contributed by atoms with Crippen LogP contribution < -0.4 is 5.73 Å². The summed E-state index contributed by atoms with van der Waals surface area (Å²) in [6.45, 7) is 2.68. The number of piperidine rings is 1. The van der Waals surface area contributed by atoms with Gasteiger partial charge in [-0.3, -0.25) is 4.79 Å². The molecule has 0 spiro atoms. The van der Waals surface area contributed by atoms with Crippen LogP contribution in [0.2, 0.25) is 10.0 Å². The van der Waals surface area contributed by atoms with Gasteiger partial charge in [-0.25, -0.2) is 0 Å². The molecule has 0 radical (unpaired) electrons. The number of hydrogen-bond donors (Lipinski definition) is 1. The molecule has 2 rings (SSSR count). The summed E-state index contributed by atoms with van der Waals surface area (Å²) >= 11 is 12.0. The number of carbonyl (C=O) groups excluding carboxylic acids is 1. The molecule has 1 aromatic carbocycles. The lowest BCUT2D eigenvalue weighted by Gasteiger charge is -2.32. The Morgan fingerprint density at radius 2 is 2.05 bits per heavy atom. The summed E-state index contributed by atoms with van der Waals surface area (Å²) in [5, 5.41) is 0.952. The van der Waals surface area contributed by atoms with E-state index in [-0.39, 0.29) is 12.0 Å². The first kappa shape index (κ1) is 16.6. The van der Waals surface area contributed by atoms with E-state index in [4.69, 9.17) is 33.7 Å². The molecular weight excluding hydrogens is 311 g/mol. The molecule has 4 nitrogen and oxygen atoms in total. The van der Waals surface area contributed by atoms with E-state index in [1.54, 1.807) is 23.1 Å². The third-order valence-corrected chi connectivity index (χ3v) is 4.15. The van der Waals surface area contributed by atoms with Crippen molar-refractivity contribution in [1.82, 2.24) is 4.90 Å². The first-order valence-corrected chi connectivity index (χ1v) is 7.93. The van der Waals surface area contributed by atoms with Crippen molar-refractivity contribution in [1.29, 1.82) is 0 Å². The van der Waals surface area contributed by atoms with Gasteiger partial charge in [-0.2, -0.15) is 0 Å². The summed E-state index contributed by atoms with van der Waals surface area (Å²) in [4.78, 5) is 14.3. The Hall–Kier alpha value is -0.810. The van der Waals surface area contributed by atoms with E-state index in [0.29, 0.717) is 41.8 Å². The van der Waals surface area contributed by atoms with Gasteiger partial charge >= 0.3 is 0 Å². The van der Waals surface area contributed by atoms with E-state index < -0.39 is 0 Å². The second-order valence-electron chi connectivity index (χ2n) is 5.13. The first-order chi connectivity index (χ1) is 10.1. The van der Waals surface area contributed by atoms with Crippen LogP contribution in [0, 0.1) is 0 Å². The number of nitrogens with two attached hydrogens (primary N) is 1. The zero-order valence-corrected chi connectivity index (χ0v) is 13.4. The van der Waals surface area contributed by atoms with E-state index in [1.165, 1.54) is 0 Å². The maximum absolute atomic E-state index is 12.5. The fourth-order valence-electron chi connectivity index (χ4n) is 2.39. The molecule has 2 N–H and O–H groups in total. The van der Waals surface area contributed by atoms with Gasteiger partial charge in [0, 0.05) is 24.7 Å². The Morgan fingerprint density at radius 3 is 2.71 bits per heavy atom. The summed E-state index contributed by atoms with van der Waals surface area (Å²) in [6, 6.07) is 4.95. The number of hydrogen-bond acceptors (Lipinski definition) is 3. The summed E-state index contributed by atoms with van der Waals surface area (Å²) < 4.78 is 5.73. The fourth-order valence-corrected chi connectivity index (χ4v) is 2.76. The summed E-state index contributed by atoms with van der Waals surface area (Å²) in [7, 11) is 0.